The minimum Gasteiger partial charge on any atom is -0.507 e. The van der Waals surface area contributed by atoms with E-state index >= 15 is 0 Å². The minimum absolute atomic E-state index is 0. The molecule has 1 saturated heterocycles. The first-order chi connectivity index (χ1) is 26.0. The molecule has 11 nitrogen and oxygen atoms in total. The van der Waals surface area contributed by atoms with E-state index in [2.05, 4.69) is 31.0 Å². The van der Waals surface area contributed by atoms with Crippen LogP contribution in [0.2, 0.25) is 5.02 Å². The molecule has 0 radical (unpaired) electrons. The Kier molecular flexibility index (Phi) is 14.1. The van der Waals surface area contributed by atoms with Gasteiger partial charge in [0, 0.05) is 60.6 Å². The summed E-state index contributed by atoms with van der Waals surface area (Å²) in [5.41, 5.74) is 5.10. The summed E-state index contributed by atoms with van der Waals surface area (Å²) in [6.07, 6.45) is -3.26. The van der Waals surface area contributed by atoms with Crippen molar-refractivity contribution in [2.75, 3.05) is 43.4 Å². The molecular weight excluding hydrogens is 778 g/mol. The number of aromatic hydroxyl groups is 1. The van der Waals surface area contributed by atoms with Crippen LogP contribution in [0.25, 0.3) is 10.6 Å². The summed E-state index contributed by atoms with van der Waals surface area (Å²) in [6.45, 7) is 4.11. The highest BCUT2D eigenvalue weighted by molar-refractivity contribution is 7.13. The first-order valence-electron chi connectivity index (χ1n) is 16.7. The van der Waals surface area contributed by atoms with Gasteiger partial charge in [-0.05, 0) is 66.2 Å². The van der Waals surface area contributed by atoms with Crippen molar-refractivity contribution in [1.29, 1.82) is 0 Å². The highest BCUT2D eigenvalue weighted by Crippen LogP contribution is 2.36. The molecule has 4 aromatic carbocycles. The summed E-state index contributed by atoms with van der Waals surface area (Å²) in [5, 5.41) is 21.6. The van der Waals surface area contributed by atoms with E-state index in [0.29, 0.717) is 43.2 Å². The Hall–Kier alpha value is -5.19. The molecule has 4 N–H and O–H groups in total. The van der Waals surface area contributed by atoms with Gasteiger partial charge in [-0.2, -0.15) is 18.3 Å². The summed E-state index contributed by atoms with van der Waals surface area (Å²) in [5.74, 6) is 0.323. The molecule has 2 heterocycles. The number of rotatable bonds is 12. The van der Waals surface area contributed by atoms with E-state index in [-0.39, 0.29) is 36.3 Å². The highest BCUT2D eigenvalue weighted by atomic mass is 35.5. The number of phenolic OH excluding ortho intramolecular Hbond substituents is 1. The lowest BCUT2D eigenvalue weighted by atomic mass is 10.2. The summed E-state index contributed by atoms with van der Waals surface area (Å²) in [4.78, 5) is 34.1. The second-order valence-electron chi connectivity index (χ2n) is 12.3. The van der Waals surface area contributed by atoms with Gasteiger partial charge in [0.25, 0.3) is 5.91 Å². The molecule has 0 spiro atoms. The summed E-state index contributed by atoms with van der Waals surface area (Å²) in [6, 6.07) is 24.0. The zero-order chi connectivity index (χ0) is 38.1. The molecule has 0 bridgehead atoms. The van der Waals surface area contributed by atoms with E-state index < -0.39 is 22.8 Å². The normalized spacial score (nSPS) is 13.6. The number of halogens is 5. The maximum Gasteiger partial charge on any atom is 0.417 e. The van der Waals surface area contributed by atoms with E-state index in [1.807, 2.05) is 35.7 Å². The fourth-order valence-electron chi connectivity index (χ4n) is 5.54. The Balaban J connectivity index is 0.00000580. The molecule has 0 saturated carbocycles. The van der Waals surface area contributed by atoms with E-state index in [1.54, 1.807) is 36.4 Å². The zero-order valence-corrected chi connectivity index (χ0v) is 31.4. The van der Waals surface area contributed by atoms with Crippen LogP contribution in [0.1, 0.15) is 22.4 Å². The average molecular weight is 815 g/mol. The van der Waals surface area contributed by atoms with E-state index in [4.69, 9.17) is 21.3 Å². The third kappa shape index (κ3) is 11.9. The number of anilines is 2. The van der Waals surface area contributed by atoms with Crippen LogP contribution in [0, 0.1) is 0 Å². The number of benzene rings is 4. The Morgan fingerprint density at radius 2 is 1.62 bits per heavy atom. The fraction of sp³-hybridized carbons (Fsp3) is 0.211. The lowest BCUT2D eigenvalue weighted by molar-refractivity contribution is -0.137. The van der Waals surface area contributed by atoms with Gasteiger partial charge in [0.1, 0.15) is 23.1 Å². The van der Waals surface area contributed by atoms with Gasteiger partial charge < -0.3 is 20.5 Å². The summed E-state index contributed by atoms with van der Waals surface area (Å²) in [7, 11) is 0. The number of alkyl halides is 3. The van der Waals surface area contributed by atoms with Crippen LogP contribution in [0.15, 0.2) is 101 Å². The monoisotopic (exact) mass is 813 g/mol. The van der Waals surface area contributed by atoms with Crippen LogP contribution >= 0.6 is 35.3 Å². The first-order valence-corrected chi connectivity index (χ1v) is 18.0. The molecule has 1 fully saturated rings. The number of phenols is 1. The second-order valence-corrected chi connectivity index (χ2v) is 13.6. The number of piperazine rings is 1. The van der Waals surface area contributed by atoms with Crippen molar-refractivity contribution in [2.45, 2.75) is 19.3 Å². The van der Waals surface area contributed by atoms with Gasteiger partial charge in [-0.15, -0.1) is 23.7 Å². The molecule has 288 valence electrons. The maximum atomic E-state index is 13.1. The third-order valence-corrected chi connectivity index (χ3v) is 9.60. The number of thiazole rings is 1. The van der Waals surface area contributed by atoms with Gasteiger partial charge in [0.2, 0.25) is 0 Å². The maximum absolute atomic E-state index is 13.1. The molecule has 0 unspecified atom stereocenters. The van der Waals surface area contributed by atoms with Gasteiger partial charge in [-0.3, -0.25) is 14.6 Å². The SMILES string of the molecule is Cl.O=C(CN1CCN(Cc2csc(-c3ccc(NC(=O)Nc4ccc(Cl)c(C(F)(F)F)c4)cc3)n2)CC1)N/N=C/c1cc(OCc2ccccc2)ccc1O. The Morgan fingerprint density at radius 3 is 2.35 bits per heavy atom. The van der Waals surface area contributed by atoms with Crippen LogP contribution in [-0.4, -0.2) is 70.8 Å². The van der Waals surface area contributed by atoms with Crippen molar-refractivity contribution in [2.24, 2.45) is 5.10 Å². The lowest BCUT2D eigenvalue weighted by Crippen LogP contribution is -2.48. The van der Waals surface area contributed by atoms with Crippen molar-refractivity contribution in [1.82, 2.24) is 20.2 Å². The zero-order valence-electron chi connectivity index (χ0n) is 29.1. The quantitative estimate of drug-likeness (QED) is 0.0740. The Labute approximate surface area is 330 Å². The van der Waals surface area contributed by atoms with Crippen LogP contribution in [-0.2, 0) is 24.1 Å². The van der Waals surface area contributed by atoms with Crippen LogP contribution in [0.5, 0.6) is 11.5 Å². The Morgan fingerprint density at radius 1 is 0.927 bits per heavy atom. The molecule has 0 aliphatic carbocycles. The summed E-state index contributed by atoms with van der Waals surface area (Å²) >= 11 is 7.15. The highest BCUT2D eigenvalue weighted by Gasteiger charge is 2.33. The largest absolute Gasteiger partial charge is 0.507 e. The van der Waals surface area contributed by atoms with Crippen LogP contribution in [0.4, 0.5) is 29.3 Å². The number of carbonyl (C=O) groups is 2. The number of nitrogens with one attached hydrogen (secondary N) is 3. The molecule has 17 heteroatoms. The van der Waals surface area contributed by atoms with E-state index in [1.165, 1.54) is 29.7 Å². The van der Waals surface area contributed by atoms with Crippen LogP contribution in [0.3, 0.4) is 0 Å². The molecule has 1 aromatic heterocycles. The van der Waals surface area contributed by atoms with Crippen LogP contribution < -0.4 is 20.8 Å². The van der Waals surface area contributed by atoms with E-state index in [9.17, 15) is 27.9 Å². The van der Waals surface area contributed by atoms with Gasteiger partial charge >= 0.3 is 12.2 Å². The molecule has 1 aliphatic heterocycles. The van der Waals surface area contributed by atoms with Gasteiger partial charge in [-0.25, -0.2) is 15.2 Å². The minimum atomic E-state index is -4.65. The standard InChI is InChI=1S/C38H35ClF3N7O4S.ClH/c39-33-12-10-29(19-32(33)38(40,41)42)46-37(52)45-28-8-6-26(7-9-28)36-44-30(24-54-36)21-48-14-16-49(17-15-48)22-35(51)47-43-20-27-18-31(11-13-34(27)50)53-23-25-4-2-1-3-5-25;/h1-13,18-20,24,50H,14-17,21-23H2,(H,47,51)(H2,45,46,52);1H/b43-20+;. The van der Waals surface area contributed by atoms with Gasteiger partial charge in [0.05, 0.1) is 29.0 Å². The Bertz CT molecular complexity index is 2100. The molecule has 5 aromatic rings. The smallest absolute Gasteiger partial charge is 0.417 e. The van der Waals surface area contributed by atoms with Crippen molar-refractivity contribution < 1.29 is 32.6 Å². The molecule has 0 atom stereocenters. The molecule has 3 amide bonds. The van der Waals surface area contributed by atoms with Crippen molar-refractivity contribution in [3.8, 4) is 22.1 Å². The molecule has 1 aliphatic rings. The second kappa shape index (κ2) is 18.9. The number of nitrogens with zero attached hydrogens (tertiary/aromatic N) is 4. The number of hydrogen-bond acceptors (Lipinski definition) is 9. The average Bonchev–Trinajstić information content (AvgIpc) is 3.62. The van der Waals surface area contributed by atoms with Gasteiger partial charge in [0.15, 0.2) is 0 Å². The molecule has 55 heavy (non-hydrogen) atoms. The predicted molar refractivity (Wildman–Crippen MR) is 210 cm³/mol. The number of aromatic nitrogens is 1. The number of amides is 3. The number of carbonyl (C=O) groups excluding carboxylic acids is 2. The number of urea groups is 1. The van der Waals surface area contributed by atoms with Crippen molar-refractivity contribution in [3.05, 3.63) is 124 Å². The predicted octanol–water partition coefficient (Wildman–Crippen LogP) is 8.10. The van der Waals surface area contributed by atoms with Gasteiger partial charge in [-0.1, -0.05) is 41.9 Å². The summed E-state index contributed by atoms with van der Waals surface area (Å²) < 4.78 is 45.3. The number of ether oxygens (including phenoxy) is 1. The molecular formula is C38H36Cl2F3N7O4S. The number of hydrogen-bond donors (Lipinski definition) is 4. The lowest BCUT2D eigenvalue weighted by Gasteiger charge is -2.33. The topological polar surface area (TPSA) is 131 Å². The van der Waals surface area contributed by atoms with Crippen molar-refractivity contribution >= 4 is 64.9 Å². The molecule has 6 rings (SSSR count). The van der Waals surface area contributed by atoms with Crippen molar-refractivity contribution in [3.63, 3.8) is 0 Å². The first kappa shape index (κ1) is 41.0. The third-order valence-electron chi connectivity index (χ3n) is 8.33. The fourth-order valence-corrected chi connectivity index (χ4v) is 6.58. The van der Waals surface area contributed by atoms with E-state index in [0.717, 1.165) is 47.1 Å². The number of hydrazone groups is 1.